The first-order valence-electron chi connectivity index (χ1n) is 6.34. The minimum absolute atomic E-state index is 0.0920. The van der Waals surface area contributed by atoms with Crippen molar-refractivity contribution in [2.75, 3.05) is 7.11 Å². The monoisotopic (exact) mass is 287 g/mol. The molecule has 1 heterocycles. The third-order valence-corrected chi connectivity index (χ3v) is 3.65. The number of nitrogens with one attached hydrogen (secondary N) is 1. The van der Waals surface area contributed by atoms with Crippen molar-refractivity contribution in [3.05, 3.63) is 63.9 Å². The number of ether oxygens (including phenoxy) is 1. The van der Waals surface area contributed by atoms with Crippen molar-refractivity contribution in [1.29, 1.82) is 0 Å². The molecule has 1 aromatic carbocycles. The molecule has 1 amide bonds. The first-order valence-corrected chi connectivity index (χ1v) is 7.22. The van der Waals surface area contributed by atoms with E-state index in [4.69, 9.17) is 4.74 Å². The molecule has 104 valence electrons. The lowest BCUT2D eigenvalue weighted by Crippen LogP contribution is -2.21. The van der Waals surface area contributed by atoms with E-state index < -0.39 is 0 Å². The molecule has 4 heteroatoms. The van der Waals surface area contributed by atoms with Crippen molar-refractivity contribution in [3.63, 3.8) is 0 Å². The molecular formula is C16H17NO2S. The van der Waals surface area contributed by atoms with Crippen LogP contribution in [0.5, 0.6) is 0 Å². The summed E-state index contributed by atoms with van der Waals surface area (Å²) in [4.78, 5) is 12.8. The van der Waals surface area contributed by atoms with Gasteiger partial charge in [0.15, 0.2) is 0 Å². The predicted molar refractivity (Wildman–Crippen MR) is 82.4 cm³/mol. The SMILES string of the molecule is COCc1ccccc1CNC(=O)/C=C/c1cccs1. The molecule has 0 atom stereocenters. The number of carbonyl (C=O) groups is 1. The van der Waals surface area contributed by atoms with Gasteiger partial charge in [-0.05, 0) is 28.6 Å². The van der Waals surface area contributed by atoms with Crippen LogP contribution in [0.25, 0.3) is 6.08 Å². The largest absolute Gasteiger partial charge is 0.380 e. The van der Waals surface area contributed by atoms with Gasteiger partial charge in [0, 0.05) is 24.6 Å². The first-order chi connectivity index (χ1) is 9.79. The Morgan fingerprint density at radius 3 is 2.75 bits per heavy atom. The second kappa shape index (κ2) is 7.62. The van der Waals surface area contributed by atoms with Crippen LogP contribution < -0.4 is 5.32 Å². The Morgan fingerprint density at radius 1 is 1.25 bits per heavy atom. The van der Waals surface area contributed by atoms with Gasteiger partial charge in [0.2, 0.25) is 5.91 Å². The summed E-state index contributed by atoms with van der Waals surface area (Å²) < 4.78 is 5.15. The molecule has 20 heavy (non-hydrogen) atoms. The number of hydrogen-bond acceptors (Lipinski definition) is 3. The number of benzene rings is 1. The summed E-state index contributed by atoms with van der Waals surface area (Å²) in [5.74, 6) is -0.0920. The molecule has 3 nitrogen and oxygen atoms in total. The Balaban J connectivity index is 1.90. The molecule has 1 N–H and O–H groups in total. The lowest BCUT2D eigenvalue weighted by atomic mass is 10.1. The van der Waals surface area contributed by atoms with E-state index in [0.717, 1.165) is 16.0 Å². The minimum Gasteiger partial charge on any atom is -0.380 e. The highest BCUT2D eigenvalue weighted by molar-refractivity contribution is 7.10. The van der Waals surface area contributed by atoms with Crippen molar-refractivity contribution < 1.29 is 9.53 Å². The molecule has 0 saturated carbocycles. The molecule has 0 saturated heterocycles. The normalized spacial score (nSPS) is 10.8. The second-order valence-electron chi connectivity index (χ2n) is 4.27. The van der Waals surface area contributed by atoms with Crippen LogP contribution in [-0.2, 0) is 22.7 Å². The summed E-state index contributed by atoms with van der Waals surface area (Å²) in [6.07, 6.45) is 3.38. The third kappa shape index (κ3) is 4.33. The summed E-state index contributed by atoms with van der Waals surface area (Å²) in [6.45, 7) is 1.06. The van der Waals surface area contributed by atoms with Crippen LogP contribution in [0.15, 0.2) is 47.9 Å². The van der Waals surface area contributed by atoms with Gasteiger partial charge in [-0.2, -0.15) is 0 Å². The average molecular weight is 287 g/mol. The second-order valence-corrected chi connectivity index (χ2v) is 5.25. The summed E-state index contributed by atoms with van der Waals surface area (Å²) in [7, 11) is 1.67. The van der Waals surface area contributed by atoms with Gasteiger partial charge in [0.05, 0.1) is 6.61 Å². The van der Waals surface area contributed by atoms with Crippen LogP contribution in [0, 0.1) is 0 Å². The van der Waals surface area contributed by atoms with Crippen LogP contribution in [0.4, 0.5) is 0 Å². The summed E-state index contributed by atoms with van der Waals surface area (Å²) in [5.41, 5.74) is 2.17. The smallest absolute Gasteiger partial charge is 0.244 e. The summed E-state index contributed by atoms with van der Waals surface area (Å²) in [6, 6.07) is 11.9. The van der Waals surface area contributed by atoms with E-state index >= 15 is 0 Å². The van der Waals surface area contributed by atoms with Gasteiger partial charge < -0.3 is 10.1 Å². The van der Waals surface area contributed by atoms with Crippen LogP contribution in [-0.4, -0.2) is 13.0 Å². The van der Waals surface area contributed by atoms with Crippen molar-refractivity contribution in [3.8, 4) is 0 Å². The van der Waals surface area contributed by atoms with Crippen LogP contribution in [0.3, 0.4) is 0 Å². The molecule has 0 unspecified atom stereocenters. The molecule has 0 aliphatic heterocycles. The van der Waals surface area contributed by atoms with Gasteiger partial charge in [-0.15, -0.1) is 11.3 Å². The lowest BCUT2D eigenvalue weighted by Gasteiger charge is -2.08. The number of hydrogen-bond donors (Lipinski definition) is 1. The Kier molecular flexibility index (Phi) is 5.53. The van der Waals surface area contributed by atoms with E-state index in [9.17, 15) is 4.79 Å². The van der Waals surface area contributed by atoms with Crippen molar-refractivity contribution in [2.24, 2.45) is 0 Å². The quantitative estimate of drug-likeness (QED) is 0.828. The number of carbonyl (C=O) groups excluding carboxylic acids is 1. The fourth-order valence-corrected chi connectivity index (χ4v) is 2.43. The third-order valence-electron chi connectivity index (χ3n) is 2.81. The predicted octanol–water partition coefficient (Wildman–Crippen LogP) is 3.22. The fraction of sp³-hybridized carbons (Fsp3) is 0.188. The van der Waals surface area contributed by atoms with Crippen LogP contribution >= 0.6 is 11.3 Å². The fourth-order valence-electron chi connectivity index (χ4n) is 1.81. The zero-order valence-electron chi connectivity index (χ0n) is 11.3. The number of methoxy groups -OCH3 is 1. The standard InChI is InChI=1S/C16H17NO2S/c1-19-12-14-6-3-2-5-13(14)11-17-16(18)9-8-15-7-4-10-20-15/h2-10H,11-12H2,1H3,(H,17,18)/b9-8+. The zero-order valence-corrected chi connectivity index (χ0v) is 12.2. The summed E-state index contributed by atoms with van der Waals surface area (Å²) in [5, 5.41) is 4.87. The van der Waals surface area contributed by atoms with E-state index in [0.29, 0.717) is 13.2 Å². The van der Waals surface area contributed by atoms with Gasteiger partial charge in [0.1, 0.15) is 0 Å². The first kappa shape index (κ1) is 14.5. The number of amides is 1. The van der Waals surface area contributed by atoms with Gasteiger partial charge >= 0.3 is 0 Å². The number of rotatable bonds is 6. The zero-order chi connectivity index (χ0) is 14.2. The van der Waals surface area contributed by atoms with Crippen molar-refractivity contribution in [2.45, 2.75) is 13.2 Å². The van der Waals surface area contributed by atoms with Crippen LogP contribution in [0.2, 0.25) is 0 Å². The maximum Gasteiger partial charge on any atom is 0.244 e. The molecule has 2 rings (SSSR count). The van der Waals surface area contributed by atoms with E-state index in [1.165, 1.54) is 0 Å². The molecule has 0 aliphatic carbocycles. The topological polar surface area (TPSA) is 38.3 Å². The molecule has 0 bridgehead atoms. The highest BCUT2D eigenvalue weighted by Gasteiger charge is 2.02. The maximum atomic E-state index is 11.8. The van der Waals surface area contributed by atoms with E-state index in [2.05, 4.69) is 5.32 Å². The van der Waals surface area contributed by atoms with E-state index in [1.54, 1.807) is 24.5 Å². The lowest BCUT2D eigenvalue weighted by molar-refractivity contribution is -0.116. The Morgan fingerprint density at radius 2 is 2.05 bits per heavy atom. The highest BCUT2D eigenvalue weighted by atomic mass is 32.1. The van der Waals surface area contributed by atoms with Gasteiger partial charge in [-0.3, -0.25) is 4.79 Å². The number of thiophene rings is 1. The molecule has 0 fully saturated rings. The minimum atomic E-state index is -0.0920. The van der Waals surface area contributed by atoms with Crippen LogP contribution in [0.1, 0.15) is 16.0 Å². The Hall–Kier alpha value is -1.91. The molecule has 2 aromatic rings. The van der Waals surface area contributed by atoms with E-state index in [-0.39, 0.29) is 5.91 Å². The van der Waals surface area contributed by atoms with Gasteiger partial charge in [-0.1, -0.05) is 30.3 Å². The van der Waals surface area contributed by atoms with Crippen molar-refractivity contribution in [1.82, 2.24) is 5.32 Å². The highest BCUT2D eigenvalue weighted by Crippen LogP contribution is 2.11. The average Bonchev–Trinajstić information content (AvgIpc) is 2.98. The van der Waals surface area contributed by atoms with Gasteiger partial charge in [-0.25, -0.2) is 0 Å². The molecule has 1 aromatic heterocycles. The molecular weight excluding hydrogens is 270 g/mol. The molecule has 0 aliphatic rings. The maximum absolute atomic E-state index is 11.8. The Labute approximate surface area is 122 Å². The van der Waals surface area contributed by atoms with Gasteiger partial charge in [0.25, 0.3) is 0 Å². The van der Waals surface area contributed by atoms with Crippen molar-refractivity contribution >= 4 is 23.3 Å². The molecule has 0 spiro atoms. The van der Waals surface area contributed by atoms with E-state index in [1.807, 2.05) is 47.9 Å². The Bertz CT molecular complexity index is 576. The summed E-state index contributed by atoms with van der Waals surface area (Å²) >= 11 is 1.61. The molecule has 0 radical (unpaired) electrons.